The Morgan fingerprint density at radius 1 is 0.435 bits per heavy atom. The van der Waals surface area contributed by atoms with E-state index in [0.717, 1.165) is 55.3 Å². The molecule has 4 atom stereocenters. The largest absolute Gasteiger partial charge is 0.508 e. The standard InChI is InChI=1S/C42H42N2O2/c1-27-13-11-19-33(25-27)41(43-29(3)31-15-7-5-8-16-31)39-35-21-24-38(46)40(36(35)22-23-37(39)45)42(34-20-12-14-28(2)26-34)44-30(4)32-17-9-6-10-18-32/h5-26,29-30,41-46H,1-4H3/t29-,30-,41?,42?/m0/s1. The molecule has 0 bridgehead atoms. The van der Waals surface area contributed by atoms with Crippen LogP contribution in [-0.4, -0.2) is 10.2 Å². The molecule has 232 valence electrons. The zero-order valence-corrected chi connectivity index (χ0v) is 26.9. The van der Waals surface area contributed by atoms with E-state index in [0.29, 0.717) is 0 Å². The summed E-state index contributed by atoms with van der Waals surface area (Å²) in [7, 11) is 0. The van der Waals surface area contributed by atoms with Crippen LogP contribution in [0, 0.1) is 13.8 Å². The molecule has 0 spiro atoms. The molecule has 6 rings (SSSR count). The lowest BCUT2D eigenvalue weighted by Crippen LogP contribution is -2.27. The molecule has 6 aromatic carbocycles. The number of hydrogen-bond acceptors (Lipinski definition) is 4. The molecule has 0 saturated carbocycles. The van der Waals surface area contributed by atoms with Gasteiger partial charge in [0, 0.05) is 23.2 Å². The Bertz CT molecular complexity index is 1800. The Labute approximate surface area is 272 Å². The molecule has 46 heavy (non-hydrogen) atoms. The highest BCUT2D eigenvalue weighted by Gasteiger charge is 2.28. The van der Waals surface area contributed by atoms with Gasteiger partial charge in [-0.2, -0.15) is 0 Å². The van der Waals surface area contributed by atoms with Crippen molar-refractivity contribution < 1.29 is 10.2 Å². The van der Waals surface area contributed by atoms with E-state index in [1.165, 1.54) is 0 Å². The molecule has 0 fully saturated rings. The molecule has 0 aliphatic heterocycles. The summed E-state index contributed by atoms with van der Waals surface area (Å²) in [5, 5.41) is 32.7. The van der Waals surface area contributed by atoms with Gasteiger partial charge < -0.3 is 10.2 Å². The summed E-state index contributed by atoms with van der Waals surface area (Å²) in [6.45, 7) is 8.49. The molecular formula is C42H42N2O2. The van der Waals surface area contributed by atoms with Gasteiger partial charge in [-0.25, -0.2) is 0 Å². The maximum absolute atomic E-state index is 11.6. The predicted octanol–water partition coefficient (Wildman–Crippen LogP) is 9.75. The molecule has 0 amide bonds. The van der Waals surface area contributed by atoms with E-state index in [2.05, 4.69) is 135 Å². The van der Waals surface area contributed by atoms with Crippen LogP contribution in [0.15, 0.2) is 133 Å². The van der Waals surface area contributed by atoms with Gasteiger partial charge in [-0.1, -0.05) is 132 Å². The number of benzene rings is 6. The fourth-order valence-corrected chi connectivity index (χ4v) is 6.60. The first-order valence-corrected chi connectivity index (χ1v) is 16.0. The first kappa shape index (κ1) is 31.1. The van der Waals surface area contributed by atoms with Gasteiger partial charge in [0.25, 0.3) is 0 Å². The summed E-state index contributed by atoms with van der Waals surface area (Å²) < 4.78 is 0. The van der Waals surface area contributed by atoms with Crippen LogP contribution in [-0.2, 0) is 0 Å². The zero-order chi connectivity index (χ0) is 32.2. The number of nitrogens with one attached hydrogen (secondary N) is 2. The Morgan fingerprint density at radius 2 is 0.804 bits per heavy atom. The average Bonchev–Trinajstić information content (AvgIpc) is 3.07. The highest BCUT2D eigenvalue weighted by Crippen LogP contribution is 2.43. The lowest BCUT2D eigenvalue weighted by molar-refractivity contribution is 0.445. The van der Waals surface area contributed by atoms with Crippen molar-refractivity contribution in [3.8, 4) is 11.5 Å². The van der Waals surface area contributed by atoms with E-state index in [9.17, 15) is 10.2 Å². The third kappa shape index (κ3) is 6.55. The SMILES string of the molecule is Cc1cccc(C(N[C@@H](C)c2ccccc2)c2c(O)ccc3c(C(N[C@@H](C)c4ccccc4)c4cccc(C)c4)c(O)ccc23)c1. The van der Waals surface area contributed by atoms with Crippen molar-refractivity contribution in [2.45, 2.75) is 51.9 Å². The second-order valence-corrected chi connectivity index (χ2v) is 12.4. The molecule has 0 radical (unpaired) electrons. The number of phenolic OH excluding ortho intramolecular Hbond substituents is 2. The number of hydrogen-bond donors (Lipinski definition) is 4. The predicted molar refractivity (Wildman–Crippen MR) is 189 cm³/mol. The number of aryl methyl sites for hydroxylation is 2. The molecule has 0 saturated heterocycles. The summed E-state index contributed by atoms with van der Waals surface area (Å²) in [4.78, 5) is 0. The van der Waals surface area contributed by atoms with Gasteiger partial charge in [-0.15, -0.1) is 0 Å². The molecule has 0 aliphatic rings. The average molecular weight is 607 g/mol. The fraction of sp³-hybridized carbons (Fsp3) is 0.190. The highest BCUT2D eigenvalue weighted by atomic mass is 16.3. The Balaban J connectivity index is 1.54. The maximum atomic E-state index is 11.6. The molecule has 0 heterocycles. The Morgan fingerprint density at radius 3 is 1.17 bits per heavy atom. The van der Waals surface area contributed by atoms with E-state index in [1.807, 2.05) is 24.3 Å². The minimum Gasteiger partial charge on any atom is -0.508 e. The summed E-state index contributed by atoms with van der Waals surface area (Å²) in [5.74, 6) is 0.419. The number of aromatic hydroxyl groups is 2. The minimum atomic E-state index is -0.315. The number of phenols is 2. The van der Waals surface area contributed by atoms with Crippen molar-refractivity contribution in [2.75, 3.05) is 0 Å². The van der Waals surface area contributed by atoms with Gasteiger partial charge in [-0.05, 0) is 72.9 Å². The quantitative estimate of drug-likeness (QED) is 0.125. The van der Waals surface area contributed by atoms with Gasteiger partial charge in [0.1, 0.15) is 11.5 Å². The molecule has 4 heteroatoms. The van der Waals surface area contributed by atoms with Crippen LogP contribution in [0.25, 0.3) is 10.8 Å². The van der Waals surface area contributed by atoms with E-state index >= 15 is 0 Å². The van der Waals surface area contributed by atoms with E-state index < -0.39 is 0 Å². The van der Waals surface area contributed by atoms with E-state index in [1.54, 1.807) is 12.1 Å². The van der Waals surface area contributed by atoms with E-state index in [-0.39, 0.29) is 35.7 Å². The summed E-state index contributed by atoms with van der Waals surface area (Å²) in [6, 6.07) is 44.4. The summed E-state index contributed by atoms with van der Waals surface area (Å²) >= 11 is 0. The first-order valence-electron chi connectivity index (χ1n) is 16.0. The highest BCUT2D eigenvalue weighted by molar-refractivity contribution is 5.93. The normalized spacial score (nSPS) is 14.1. The van der Waals surface area contributed by atoms with Crippen LogP contribution in [0.1, 0.15) is 82.5 Å². The molecule has 4 N–H and O–H groups in total. The van der Waals surface area contributed by atoms with E-state index in [4.69, 9.17) is 0 Å². The van der Waals surface area contributed by atoms with Crippen LogP contribution in [0.5, 0.6) is 11.5 Å². The second kappa shape index (κ2) is 13.6. The van der Waals surface area contributed by atoms with Gasteiger partial charge in [0.2, 0.25) is 0 Å². The van der Waals surface area contributed by atoms with Crippen molar-refractivity contribution in [1.82, 2.24) is 10.6 Å². The fourth-order valence-electron chi connectivity index (χ4n) is 6.60. The number of fused-ring (bicyclic) bond motifs is 1. The lowest BCUT2D eigenvalue weighted by Gasteiger charge is -2.29. The van der Waals surface area contributed by atoms with Gasteiger partial charge in [0.05, 0.1) is 12.1 Å². The zero-order valence-electron chi connectivity index (χ0n) is 26.9. The van der Waals surface area contributed by atoms with Crippen LogP contribution >= 0.6 is 0 Å². The third-order valence-electron chi connectivity index (χ3n) is 9.00. The van der Waals surface area contributed by atoms with Gasteiger partial charge >= 0.3 is 0 Å². The van der Waals surface area contributed by atoms with Crippen LogP contribution in [0.4, 0.5) is 0 Å². The van der Waals surface area contributed by atoms with Crippen LogP contribution < -0.4 is 10.6 Å². The monoisotopic (exact) mass is 606 g/mol. The van der Waals surface area contributed by atoms with Crippen LogP contribution in [0.3, 0.4) is 0 Å². The molecule has 0 aromatic heterocycles. The summed E-state index contributed by atoms with van der Waals surface area (Å²) in [5.41, 5.74) is 8.31. The topological polar surface area (TPSA) is 64.5 Å². The van der Waals surface area contributed by atoms with Crippen molar-refractivity contribution in [2.24, 2.45) is 0 Å². The van der Waals surface area contributed by atoms with Gasteiger partial charge in [0.15, 0.2) is 0 Å². The maximum Gasteiger partial charge on any atom is 0.121 e. The molecule has 2 unspecified atom stereocenters. The molecule has 6 aromatic rings. The first-order chi connectivity index (χ1) is 22.3. The van der Waals surface area contributed by atoms with Crippen molar-refractivity contribution in [1.29, 1.82) is 0 Å². The second-order valence-electron chi connectivity index (χ2n) is 12.4. The van der Waals surface area contributed by atoms with Crippen molar-refractivity contribution >= 4 is 10.8 Å². The van der Waals surface area contributed by atoms with Crippen molar-refractivity contribution in [3.05, 3.63) is 178 Å². The third-order valence-corrected chi connectivity index (χ3v) is 9.00. The molecule has 0 aliphatic carbocycles. The Hall–Kier alpha value is -4.90. The number of rotatable bonds is 10. The van der Waals surface area contributed by atoms with Gasteiger partial charge in [-0.3, -0.25) is 10.6 Å². The van der Waals surface area contributed by atoms with Crippen molar-refractivity contribution in [3.63, 3.8) is 0 Å². The summed E-state index contributed by atoms with van der Waals surface area (Å²) in [6.07, 6.45) is 0. The minimum absolute atomic E-state index is 0.00591. The molecule has 4 nitrogen and oxygen atoms in total. The molecular weight excluding hydrogens is 564 g/mol. The lowest BCUT2D eigenvalue weighted by atomic mass is 9.86. The Kier molecular flexibility index (Phi) is 9.20. The van der Waals surface area contributed by atoms with Crippen LogP contribution in [0.2, 0.25) is 0 Å². The smallest absolute Gasteiger partial charge is 0.121 e.